The summed E-state index contributed by atoms with van der Waals surface area (Å²) in [4.78, 5) is 28.5. The molecule has 0 fully saturated rings. The number of ketones is 1. The molecule has 0 saturated heterocycles. The maximum Gasteiger partial charge on any atom is 0.221 e. The van der Waals surface area contributed by atoms with Crippen LogP contribution >= 0.6 is 35.1 Å². The molecule has 0 atom stereocenters. The van der Waals surface area contributed by atoms with Crippen LogP contribution in [0.2, 0.25) is 5.02 Å². The Kier molecular flexibility index (Phi) is 6.50. The van der Waals surface area contributed by atoms with Crippen molar-refractivity contribution in [3.63, 3.8) is 0 Å². The zero-order valence-corrected chi connectivity index (χ0v) is 15.0. The number of halogens is 1. The van der Waals surface area contributed by atoms with E-state index in [1.807, 2.05) is 6.26 Å². The minimum absolute atomic E-state index is 0.0126. The van der Waals surface area contributed by atoms with Gasteiger partial charge in [-0.2, -0.15) is 0 Å². The number of anilines is 1. The van der Waals surface area contributed by atoms with E-state index in [1.165, 1.54) is 30.4 Å². The number of thioether (sulfide) groups is 2. The largest absolute Gasteiger partial charge is 0.325 e. The lowest BCUT2D eigenvalue weighted by Crippen LogP contribution is -2.08. The van der Waals surface area contributed by atoms with E-state index in [0.717, 1.165) is 4.90 Å². The number of nitrogens with zero attached hydrogens (tertiary/aromatic N) is 1. The molecule has 0 unspecified atom stereocenters. The fourth-order valence-electron chi connectivity index (χ4n) is 1.85. The van der Waals surface area contributed by atoms with Gasteiger partial charge in [-0.25, -0.2) is 4.98 Å². The molecule has 1 amide bonds. The summed E-state index contributed by atoms with van der Waals surface area (Å²) < 4.78 is 0. The average molecular weight is 367 g/mol. The van der Waals surface area contributed by atoms with E-state index in [1.54, 1.807) is 36.5 Å². The van der Waals surface area contributed by atoms with E-state index in [-0.39, 0.29) is 17.4 Å². The molecule has 0 aliphatic heterocycles. The number of aromatic nitrogens is 1. The van der Waals surface area contributed by atoms with E-state index < -0.39 is 0 Å². The Morgan fingerprint density at radius 2 is 2.09 bits per heavy atom. The minimum atomic E-state index is -0.139. The van der Waals surface area contributed by atoms with Gasteiger partial charge in [0.2, 0.25) is 5.91 Å². The molecular weight excluding hydrogens is 352 g/mol. The van der Waals surface area contributed by atoms with Gasteiger partial charge in [-0.05, 0) is 36.6 Å². The molecule has 23 heavy (non-hydrogen) atoms. The highest BCUT2D eigenvalue weighted by Crippen LogP contribution is 2.28. The quantitative estimate of drug-likeness (QED) is 0.606. The van der Waals surface area contributed by atoms with Crippen molar-refractivity contribution >= 4 is 52.5 Å². The summed E-state index contributed by atoms with van der Waals surface area (Å²) in [5.74, 6) is 0.102. The zero-order chi connectivity index (χ0) is 16.8. The fraction of sp³-hybridized carbons (Fsp3) is 0.188. The Bertz CT molecular complexity index is 738. The zero-order valence-electron chi connectivity index (χ0n) is 12.6. The minimum Gasteiger partial charge on any atom is -0.325 e. The monoisotopic (exact) mass is 366 g/mol. The molecule has 2 rings (SSSR count). The number of amides is 1. The molecule has 0 bridgehead atoms. The van der Waals surface area contributed by atoms with Crippen LogP contribution in [-0.2, 0) is 4.79 Å². The molecule has 0 aliphatic rings. The summed E-state index contributed by atoms with van der Waals surface area (Å²) in [6, 6.07) is 8.75. The highest BCUT2D eigenvalue weighted by atomic mass is 35.5. The third-order valence-electron chi connectivity index (χ3n) is 2.90. The van der Waals surface area contributed by atoms with Gasteiger partial charge < -0.3 is 5.32 Å². The third-order valence-corrected chi connectivity index (χ3v) is 5.10. The lowest BCUT2D eigenvalue weighted by molar-refractivity contribution is -0.114. The molecule has 0 radical (unpaired) electrons. The molecule has 120 valence electrons. The second-order valence-electron chi connectivity index (χ2n) is 4.60. The molecule has 1 heterocycles. The van der Waals surface area contributed by atoms with Gasteiger partial charge in [0, 0.05) is 23.6 Å². The predicted octanol–water partition coefficient (Wildman–Crippen LogP) is 4.39. The molecule has 1 aromatic heterocycles. The average Bonchev–Trinajstić information content (AvgIpc) is 2.53. The van der Waals surface area contributed by atoms with Gasteiger partial charge in [0.05, 0.1) is 16.5 Å². The van der Waals surface area contributed by atoms with Crippen LogP contribution in [0.5, 0.6) is 0 Å². The van der Waals surface area contributed by atoms with Crippen LogP contribution in [-0.4, -0.2) is 28.7 Å². The number of Topliss-reactive ketones (excluding diaryl/α,β-unsaturated/α-hetero) is 1. The number of carbonyl (C=O) groups excluding carboxylic acids is 2. The van der Waals surface area contributed by atoms with Gasteiger partial charge in [-0.3, -0.25) is 9.59 Å². The number of benzene rings is 1. The van der Waals surface area contributed by atoms with E-state index in [2.05, 4.69) is 10.3 Å². The van der Waals surface area contributed by atoms with Crippen LogP contribution in [0.15, 0.2) is 46.5 Å². The van der Waals surface area contributed by atoms with Crippen LogP contribution in [0, 0.1) is 0 Å². The number of hydrogen-bond acceptors (Lipinski definition) is 5. The Balaban J connectivity index is 2.10. The van der Waals surface area contributed by atoms with Crippen molar-refractivity contribution in [1.82, 2.24) is 4.98 Å². The van der Waals surface area contributed by atoms with Crippen molar-refractivity contribution in [2.24, 2.45) is 0 Å². The first kappa shape index (κ1) is 17.8. The molecule has 2 aromatic rings. The van der Waals surface area contributed by atoms with E-state index in [4.69, 9.17) is 11.6 Å². The highest BCUT2D eigenvalue weighted by molar-refractivity contribution is 8.00. The first-order valence-corrected chi connectivity index (χ1v) is 9.32. The van der Waals surface area contributed by atoms with Gasteiger partial charge >= 0.3 is 0 Å². The van der Waals surface area contributed by atoms with Gasteiger partial charge in [-0.15, -0.1) is 11.8 Å². The van der Waals surface area contributed by atoms with Crippen molar-refractivity contribution in [3.8, 4) is 0 Å². The van der Waals surface area contributed by atoms with Crippen LogP contribution in [0.4, 0.5) is 5.69 Å². The normalized spacial score (nSPS) is 10.4. The maximum atomic E-state index is 12.3. The van der Waals surface area contributed by atoms with Crippen molar-refractivity contribution in [1.29, 1.82) is 0 Å². The number of nitrogens with one attached hydrogen (secondary N) is 1. The van der Waals surface area contributed by atoms with E-state index >= 15 is 0 Å². The van der Waals surface area contributed by atoms with Gasteiger partial charge in [-0.1, -0.05) is 23.4 Å². The van der Waals surface area contributed by atoms with Gasteiger partial charge in [0.1, 0.15) is 5.03 Å². The van der Waals surface area contributed by atoms with Crippen LogP contribution in [0.25, 0.3) is 0 Å². The number of hydrogen-bond donors (Lipinski definition) is 1. The number of pyridine rings is 1. The smallest absolute Gasteiger partial charge is 0.221 e. The summed E-state index contributed by atoms with van der Waals surface area (Å²) in [6.07, 6.45) is 3.55. The Morgan fingerprint density at radius 3 is 2.74 bits per heavy atom. The number of rotatable bonds is 6. The van der Waals surface area contributed by atoms with Crippen molar-refractivity contribution in [2.45, 2.75) is 16.8 Å². The molecule has 0 spiro atoms. The lowest BCUT2D eigenvalue weighted by atomic mass is 10.1. The summed E-state index contributed by atoms with van der Waals surface area (Å²) in [5, 5.41) is 3.93. The first-order chi connectivity index (χ1) is 11.0. The summed E-state index contributed by atoms with van der Waals surface area (Å²) in [7, 11) is 0. The maximum absolute atomic E-state index is 12.3. The second-order valence-corrected chi connectivity index (χ2v) is 6.82. The molecule has 1 aromatic carbocycles. The van der Waals surface area contributed by atoms with E-state index in [0.29, 0.717) is 21.3 Å². The van der Waals surface area contributed by atoms with Crippen LogP contribution in [0.3, 0.4) is 0 Å². The first-order valence-electron chi connectivity index (χ1n) is 6.73. The Labute approximate surface area is 148 Å². The summed E-state index contributed by atoms with van der Waals surface area (Å²) in [6.45, 7) is 1.45. The molecular formula is C16H15ClN2O2S2. The lowest BCUT2D eigenvalue weighted by Gasteiger charge is -2.10. The topological polar surface area (TPSA) is 59.1 Å². The van der Waals surface area contributed by atoms with Crippen molar-refractivity contribution in [3.05, 3.63) is 47.1 Å². The molecule has 0 saturated carbocycles. The van der Waals surface area contributed by atoms with E-state index in [9.17, 15) is 9.59 Å². The molecule has 4 nitrogen and oxygen atoms in total. The van der Waals surface area contributed by atoms with Crippen LogP contribution < -0.4 is 5.32 Å². The van der Waals surface area contributed by atoms with Gasteiger partial charge in [0.25, 0.3) is 0 Å². The fourth-order valence-corrected chi connectivity index (χ4v) is 3.50. The summed E-state index contributed by atoms with van der Waals surface area (Å²) >= 11 is 8.82. The van der Waals surface area contributed by atoms with Crippen molar-refractivity contribution < 1.29 is 9.59 Å². The SMILES string of the molecule is CSc1cc(C(=O)CSc2ncccc2Cl)ccc1NC(C)=O. The van der Waals surface area contributed by atoms with Gasteiger partial charge in [0.15, 0.2) is 5.78 Å². The predicted molar refractivity (Wildman–Crippen MR) is 96.8 cm³/mol. The third kappa shape index (κ3) is 4.99. The summed E-state index contributed by atoms with van der Waals surface area (Å²) in [5.41, 5.74) is 1.31. The van der Waals surface area contributed by atoms with Crippen LogP contribution in [0.1, 0.15) is 17.3 Å². The molecule has 0 aliphatic carbocycles. The second kappa shape index (κ2) is 8.38. The standard InChI is InChI=1S/C16H15ClN2O2S2/c1-10(20)19-13-6-5-11(8-15(13)22-2)14(21)9-23-16-12(17)4-3-7-18-16/h3-8H,9H2,1-2H3,(H,19,20). The molecule has 7 heteroatoms. The molecule has 1 N–H and O–H groups in total. The Morgan fingerprint density at radius 1 is 1.30 bits per heavy atom. The number of carbonyl (C=O) groups is 2. The Hall–Kier alpha value is -1.50. The van der Waals surface area contributed by atoms with Crippen molar-refractivity contribution in [2.75, 3.05) is 17.3 Å². The highest BCUT2D eigenvalue weighted by Gasteiger charge is 2.12.